The first kappa shape index (κ1) is 50.6. The van der Waals surface area contributed by atoms with Crippen molar-refractivity contribution < 1.29 is 34.1 Å². The van der Waals surface area contributed by atoms with Gasteiger partial charge in [0, 0.05) is 12.8 Å². The van der Waals surface area contributed by atoms with E-state index in [0.29, 0.717) is 19.3 Å². The molecule has 0 aliphatic rings. The van der Waals surface area contributed by atoms with Crippen molar-refractivity contribution in [1.29, 1.82) is 0 Å². The molecule has 310 valence electrons. The highest BCUT2D eigenvalue weighted by Gasteiger charge is 2.19. The third-order valence-corrected chi connectivity index (χ3v) is 10.0. The van der Waals surface area contributed by atoms with Crippen LogP contribution in [0.3, 0.4) is 0 Å². The van der Waals surface area contributed by atoms with Crippen molar-refractivity contribution in [3.05, 3.63) is 12.2 Å². The Bertz CT molecular complexity index is 910. The zero-order chi connectivity index (χ0) is 39.0. The number of esters is 1. The maximum Gasteiger partial charge on any atom is 0.328 e. The average molecular weight is 751 g/mol. The summed E-state index contributed by atoms with van der Waals surface area (Å²) in [5.41, 5.74) is 0. The normalized spacial score (nSPS) is 12.5. The first-order valence-electron chi connectivity index (χ1n) is 22.1. The van der Waals surface area contributed by atoms with Crippen molar-refractivity contribution in [2.24, 2.45) is 0 Å². The molecular weight excluding hydrogens is 668 g/mol. The smallest absolute Gasteiger partial charge is 0.328 e. The number of aliphatic carboxylic acids is 1. The number of carboxylic acid groups (broad SMARTS) is 1. The summed E-state index contributed by atoms with van der Waals surface area (Å²) in [6.45, 7) is 3.48. The molecule has 0 aromatic rings. The van der Waals surface area contributed by atoms with Crippen LogP contribution in [0.15, 0.2) is 12.2 Å². The van der Waals surface area contributed by atoms with Crippen LogP contribution in [-0.4, -0.2) is 59.3 Å². The van der Waals surface area contributed by atoms with Gasteiger partial charge in [-0.1, -0.05) is 154 Å². The van der Waals surface area contributed by atoms with Crippen molar-refractivity contribution in [2.75, 3.05) is 13.2 Å². The second-order valence-electron chi connectivity index (χ2n) is 15.1. The van der Waals surface area contributed by atoms with Crippen LogP contribution in [0, 0.1) is 0 Å². The molecule has 53 heavy (non-hydrogen) atoms. The summed E-state index contributed by atoms with van der Waals surface area (Å²) in [6, 6.07) is -1.38. The third-order valence-electron chi connectivity index (χ3n) is 10.0. The number of hydrogen-bond acceptors (Lipinski definition) is 6. The van der Waals surface area contributed by atoms with Gasteiger partial charge in [0.2, 0.25) is 11.8 Å². The molecule has 0 spiro atoms. The molecule has 0 rings (SSSR count). The third kappa shape index (κ3) is 36.3. The number of nitrogens with one attached hydrogen (secondary N) is 2. The maximum atomic E-state index is 12.8. The first-order valence-corrected chi connectivity index (χ1v) is 22.1. The lowest BCUT2D eigenvalue weighted by Gasteiger charge is -2.18. The van der Waals surface area contributed by atoms with Gasteiger partial charge in [-0.2, -0.15) is 0 Å². The Morgan fingerprint density at radius 1 is 0.547 bits per heavy atom. The van der Waals surface area contributed by atoms with Gasteiger partial charge in [-0.3, -0.25) is 14.4 Å². The topological polar surface area (TPSA) is 142 Å². The summed E-state index contributed by atoms with van der Waals surface area (Å²) in [5.74, 6) is -2.29. The number of amides is 2. The molecule has 0 aliphatic carbocycles. The molecule has 2 amide bonds. The van der Waals surface area contributed by atoms with Gasteiger partial charge in [-0.05, 0) is 64.2 Å². The molecule has 0 saturated carbocycles. The second kappa shape index (κ2) is 39.3. The maximum absolute atomic E-state index is 12.8. The van der Waals surface area contributed by atoms with Crippen LogP contribution in [0.25, 0.3) is 0 Å². The quantitative estimate of drug-likeness (QED) is 0.0277. The molecule has 9 nitrogen and oxygen atoms in total. The minimum absolute atomic E-state index is 0.0108. The summed E-state index contributed by atoms with van der Waals surface area (Å²) in [6.07, 6.45) is 41.0. The van der Waals surface area contributed by atoms with E-state index in [1.54, 1.807) is 0 Å². The van der Waals surface area contributed by atoms with Gasteiger partial charge in [0.25, 0.3) is 0 Å². The number of carboxylic acids is 1. The number of allylic oxidation sites excluding steroid dienone is 2. The summed E-state index contributed by atoms with van der Waals surface area (Å²) in [5, 5.41) is 22.5. The number of rotatable bonds is 40. The van der Waals surface area contributed by atoms with E-state index in [1.807, 2.05) is 0 Å². The molecule has 0 bridgehead atoms. The Morgan fingerprint density at radius 3 is 1.42 bits per heavy atom. The van der Waals surface area contributed by atoms with Crippen molar-refractivity contribution in [3.8, 4) is 0 Å². The van der Waals surface area contributed by atoms with E-state index >= 15 is 0 Å². The SMILES string of the molecule is CCCCCCCCC/C=C\CCCCCCCC(=O)OC(CCCCCCCCCCC)CCCCCCCC(=O)NCC(=O)NC(CO)C(=O)O. The van der Waals surface area contributed by atoms with E-state index in [2.05, 4.69) is 36.6 Å². The van der Waals surface area contributed by atoms with E-state index < -0.39 is 24.5 Å². The number of hydrogen-bond donors (Lipinski definition) is 4. The Kier molecular flexibility index (Phi) is 37.5. The highest BCUT2D eigenvalue weighted by Crippen LogP contribution is 2.19. The van der Waals surface area contributed by atoms with Crippen LogP contribution in [-0.2, 0) is 23.9 Å². The molecule has 0 saturated heterocycles. The van der Waals surface area contributed by atoms with Crippen LogP contribution in [0.4, 0.5) is 0 Å². The van der Waals surface area contributed by atoms with Gasteiger partial charge in [0.15, 0.2) is 0 Å². The summed E-state index contributed by atoms with van der Waals surface area (Å²) >= 11 is 0. The molecule has 4 N–H and O–H groups in total. The zero-order valence-electron chi connectivity index (χ0n) is 34.3. The standard InChI is InChI=1S/C44H82N2O7/c1-3-5-7-9-11-13-14-15-16-17-18-19-21-23-28-32-36-43(50)53-39(33-29-25-22-20-12-10-8-6-4-2)34-30-26-24-27-31-35-41(48)45-37-42(49)46-40(38-47)44(51)52/h16-17,39-40,47H,3-15,18-38H2,1-2H3,(H,45,48)(H,46,49)(H,51,52)/b17-16-. The molecule has 0 fully saturated rings. The molecule has 0 aliphatic heterocycles. The predicted octanol–water partition coefficient (Wildman–Crippen LogP) is 10.7. The van der Waals surface area contributed by atoms with Crippen LogP contribution >= 0.6 is 0 Å². The van der Waals surface area contributed by atoms with E-state index in [1.165, 1.54) is 128 Å². The molecule has 9 heteroatoms. The number of aliphatic hydroxyl groups is 1. The monoisotopic (exact) mass is 751 g/mol. The summed E-state index contributed by atoms with van der Waals surface area (Å²) < 4.78 is 6.02. The molecule has 2 atom stereocenters. The van der Waals surface area contributed by atoms with Crippen molar-refractivity contribution >= 4 is 23.8 Å². The number of carbonyl (C=O) groups is 4. The first-order chi connectivity index (χ1) is 25.8. The highest BCUT2D eigenvalue weighted by molar-refractivity contribution is 5.87. The van der Waals surface area contributed by atoms with E-state index in [0.717, 1.165) is 57.8 Å². The molecule has 0 aromatic carbocycles. The number of unbranched alkanes of at least 4 members (excludes halogenated alkanes) is 24. The highest BCUT2D eigenvalue weighted by atomic mass is 16.5. The van der Waals surface area contributed by atoms with Crippen molar-refractivity contribution in [3.63, 3.8) is 0 Å². The van der Waals surface area contributed by atoms with Crippen LogP contribution in [0.2, 0.25) is 0 Å². The van der Waals surface area contributed by atoms with Crippen LogP contribution in [0.5, 0.6) is 0 Å². The van der Waals surface area contributed by atoms with Gasteiger partial charge in [-0.25, -0.2) is 4.79 Å². The average Bonchev–Trinajstić information content (AvgIpc) is 3.14. The molecule has 0 radical (unpaired) electrons. The minimum atomic E-state index is -1.38. The van der Waals surface area contributed by atoms with Crippen molar-refractivity contribution in [1.82, 2.24) is 10.6 Å². The number of aliphatic hydroxyl groups excluding tert-OH is 1. The fourth-order valence-electron chi connectivity index (χ4n) is 6.59. The number of carbonyl (C=O) groups excluding carboxylic acids is 3. The Morgan fingerprint density at radius 2 is 0.962 bits per heavy atom. The van der Waals surface area contributed by atoms with E-state index in [9.17, 15) is 19.2 Å². The van der Waals surface area contributed by atoms with Gasteiger partial charge < -0.3 is 25.6 Å². The fourth-order valence-corrected chi connectivity index (χ4v) is 6.59. The van der Waals surface area contributed by atoms with Gasteiger partial charge in [0.1, 0.15) is 12.1 Å². The fraction of sp³-hybridized carbons (Fsp3) is 0.864. The van der Waals surface area contributed by atoms with Gasteiger partial charge in [-0.15, -0.1) is 0 Å². The molecule has 2 unspecified atom stereocenters. The van der Waals surface area contributed by atoms with Gasteiger partial charge in [0.05, 0.1) is 13.2 Å². The lowest BCUT2D eigenvalue weighted by molar-refractivity contribution is -0.150. The largest absolute Gasteiger partial charge is 0.480 e. The van der Waals surface area contributed by atoms with Gasteiger partial charge >= 0.3 is 11.9 Å². The van der Waals surface area contributed by atoms with E-state index in [4.69, 9.17) is 14.9 Å². The summed E-state index contributed by atoms with van der Waals surface area (Å²) in [7, 11) is 0. The second-order valence-corrected chi connectivity index (χ2v) is 15.1. The molecular formula is C44H82N2O7. The molecule has 0 heterocycles. The lowest BCUT2D eigenvalue weighted by Crippen LogP contribution is -2.47. The summed E-state index contributed by atoms with van der Waals surface area (Å²) in [4.78, 5) is 47.5. The Labute approximate surface area is 324 Å². The van der Waals surface area contributed by atoms with Crippen LogP contribution < -0.4 is 10.6 Å². The van der Waals surface area contributed by atoms with E-state index in [-0.39, 0.29) is 24.5 Å². The lowest BCUT2D eigenvalue weighted by atomic mass is 10.0. The molecule has 0 aromatic heterocycles. The Hall–Kier alpha value is -2.42. The predicted molar refractivity (Wildman–Crippen MR) is 218 cm³/mol. The van der Waals surface area contributed by atoms with Crippen LogP contribution in [0.1, 0.15) is 219 Å². The zero-order valence-corrected chi connectivity index (χ0v) is 34.3. The van der Waals surface area contributed by atoms with Crippen molar-refractivity contribution in [2.45, 2.75) is 231 Å². The minimum Gasteiger partial charge on any atom is -0.480 e. The number of ether oxygens (including phenoxy) is 1. The Balaban J connectivity index is 4.22.